The van der Waals surface area contributed by atoms with Crippen molar-refractivity contribution in [2.24, 2.45) is 0 Å². The second-order valence-corrected chi connectivity index (χ2v) is 6.76. The molecule has 0 N–H and O–H groups in total. The van der Waals surface area contributed by atoms with Crippen LogP contribution in [0.25, 0.3) is 0 Å². The van der Waals surface area contributed by atoms with Crippen LogP contribution in [0.3, 0.4) is 0 Å². The van der Waals surface area contributed by atoms with Crippen molar-refractivity contribution < 1.29 is 4.79 Å². The average molecular weight is 357 g/mol. The summed E-state index contributed by atoms with van der Waals surface area (Å²) in [7, 11) is 0. The zero-order valence-corrected chi connectivity index (χ0v) is 13.2. The minimum absolute atomic E-state index is 0.0335. The van der Waals surface area contributed by atoms with E-state index in [0.717, 1.165) is 17.4 Å². The van der Waals surface area contributed by atoms with Gasteiger partial charge in [0, 0.05) is 27.5 Å². The third-order valence-corrected chi connectivity index (χ3v) is 5.20. The number of carbonyl (C=O) groups is 1. The van der Waals surface area contributed by atoms with Crippen LogP contribution in [-0.2, 0) is 13.0 Å². The Labute approximate surface area is 129 Å². The van der Waals surface area contributed by atoms with Gasteiger partial charge in [-0.1, -0.05) is 11.6 Å². The second-order valence-electron chi connectivity index (χ2n) is 4.47. The average Bonchev–Trinajstić information content (AvgIpc) is 2.88. The SMILES string of the molecule is O=C(c1cc(Cl)ccc1Br)N1CCc2sccc2C1. The van der Waals surface area contributed by atoms with Crippen LogP contribution in [-0.4, -0.2) is 17.4 Å². The third-order valence-electron chi connectivity index (χ3n) is 3.25. The standard InChI is InChI=1S/C14H11BrClNOS/c15-12-2-1-10(16)7-11(12)14(18)17-5-3-13-9(8-17)4-6-19-13/h1-2,4,6-7H,3,5,8H2. The number of carbonyl (C=O) groups excluding carboxylic acids is 1. The molecule has 1 aliphatic heterocycles. The zero-order valence-electron chi connectivity index (χ0n) is 10.0. The van der Waals surface area contributed by atoms with E-state index in [1.807, 2.05) is 11.0 Å². The van der Waals surface area contributed by atoms with Gasteiger partial charge in [0.15, 0.2) is 0 Å². The summed E-state index contributed by atoms with van der Waals surface area (Å²) in [6.45, 7) is 1.46. The van der Waals surface area contributed by atoms with Crippen molar-refractivity contribution >= 4 is 44.8 Å². The minimum atomic E-state index is 0.0335. The highest BCUT2D eigenvalue weighted by Gasteiger charge is 2.23. The van der Waals surface area contributed by atoms with Gasteiger partial charge < -0.3 is 4.90 Å². The van der Waals surface area contributed by atoms with Crippen molar-refractivity contribution in [1.82, 2.24) is 4.90 Å². The van der Waals surface area contributed by atoms with Crippen molar-refractivity contribution in [2.45, 2.75) is 13.0 Å². The number of fused-ring (bicyclic) bond motifs is 1. The van der Waals surface area contributed by atoms with E-state index in [9.17, 15) is 4.79 Å². The fourth-order valence-corrected chi connectivity index (χ4v) is 3.73. The van der Waals surface area contributed by atoms with Crippen molar-refractivity contribution in [1.29, 1.82) is 0 Å². The second kappa shape index (κ2) is 5.27. The first kappa shape index (κ1) is 13.2. The van der Waals surface area contributed by atoms with E-state index in [4.69, 9.17) is 11.6 Å². The predicted octanol–water partition coefficient (Wildman–Crippen LogP) is 4.36. The van der Waals surface area contributed by atoms with Gasteiger partial charge in [-0.25, -0.2) is 0 Å². The molecule has 0 fully saturated rings. The van der Waals surface area contributed by atoms with Gasteiger partial charge in [-0.2, -0.15) is 0 Å². The molecule has 1 aliphatic rings. The van der Waals surface area contributed by atoms with Gasteiger partial charge in [-0.15, -0.1) is 11.3 Å². The van der Waals surface area contributed by atoms with E-state index in [0.29, 0.717) is 17.1 Å². The lowest BCUT2D eigenvalue weighted by atomic mass is 10.1. The fourth-order valence-electron chi connectivity index (χ4n) is 2.25. The van der Waals surface area contributed by atoms with Crippen LogP contribution in [0.2, 0.25) is 5.02 Å². The topological polar surface area (TPSA) is 20.3 Å². The van der Waals surface area contributed by atoms with Crippen LogP contribution in [0.4, 0.5) is 0 Å². The van der Waals surface area contributed by atoms with Crippen molar-refractivity contribution in [3.8, 4) is 0 Å². The number of hydrogen-bond acceptors (Lipinski definition) is 2. The molecular weight excluding hydrogens is 346 g/mol. The van der Waals surface area contributed by atoms with Gasteiger partial charge >= 0.3 is 0 Å². The quantitative estimate of drug-likeness (QED) is 0.743. The summed E-state index contributed by atoms with van der Waals surface area (Å²) in [5.41, 5.74) is 1.90. The molecule has 2 aromatic rings. The van der Waals surface area contributed by atoms with Gasteiger partial charge in [0.05, 0.1) is 5.56 Å². The monoisotopic (exact) mass is 355 g/mol. The maximum absolute atomic E-state index is 12.5. The number of hydrogen-bond donors (Lipinski definition) is 0. The van der Waals surface area contributed by atoms with E-state index in [1.54, 1.807) is 23.5 Å². The van der Waals surface area contributed by atoms with Gasteiger partial charge in [0.1, 0.15) is 0 Å². The van der Waals surface area contributed by atoms with Crippen LogP contribution >= 0.6 is 38.9 Å². The Bertz CT molecular complexity index is 640. The van der Waals surface area contributed by atoms with Gasteiger partial charge in [-0.05, 0) is 57.6 Å². The number of benzene rings is 1. The largest absolute Gasteiger partial charge is 0.334 e. The van der Waals surface area contributed by atoms with Crippen LogP contribution in [0.5, 0.6) is 0 Å². The smallest absolute Gasteiger partial charge is 0.255 e. The molecule has 0 aliphatic carbocycles. The Morgan fingerprint density at radius 1 is 1.37 bits per heavy atom. The van der Waals surface area contributed by atoms with E-state index in [-0.39, 0.29) is 5.91 Å². The molecule has 0 radical (unpaired) electrons. The number of nitrogens with zero attached hydrogens (tertiary/aromatic N) is 1. The molecule has 0 spiro atoms. The predicted molar refractivity (Wildman–Crippen MR) is 81.9 cm³/mol. The molecule has 1 aromatic heterocycles. The summed E-state index contributed by atoms with van der Waals surface area (Å²) in [5.74, 6) is 0.0335. The van der Waals surface area contributed by atoms with Crippen LogP contribution < -0.4 is 0 Å². The van der Waals surface area contributed by atoms with Crippen molar-refractivity contribution in [3.63, 3.8) is 0 Å². The number of thiophene rings is 1. The van der Waals surface area contributed by atoms with E-state index < -0.39 is 0 Å². The Morgan fingerprint density at radius 3 is 3.05 bits per heavy atom. The normalized spacial score (nSPS) is 14.3. The van der Waals surface area contributed by atoms with Gasteiger partial charge in [-0.3, -0.25) is 4.79 Å². The number of halogens is 2. The van der Waals surface area contributed by atoms with Gasteiger partial charge in [0.2, 0.25) is 0 Å². The van der Waals surface area contributed by atoms with Gasteiger partial charge in [0.25, 0.3) is 5.91 Å². The maximum Gasteiger partial charge on any atom is 0.255 e. The molecule has 98 valence electrons. The lowest BCUT2D eigenvalue weighted by molar-refractivity contribution is 0.0735. The molecule has 0 atom stereocenters. The molecule has 2 heterocycles. The summed E-state index contributed by atoms with van der Waals surface area (Å²) in [6.07, 6.45) is 0.941. The summed E-state index contributed by atoms with van der Waals surface area (Å²) < 4.78 is 0.790. The molecule has 0 bridgehead atoms. The third kappa shape index (κ3) is 2.57. The maximum atomic E-state index is 12.5. The fraction of sp³-hybridized carbons (Fsp3) is 0.214. The molecule has 0 unspecified atom stereocenters. The first-order valence-electron chi connectivity index (χ1n) is 5.95. The van der Waals surface area contributed by atoms with Crippen LogP contribution in [0.15, 0.2) is 34.1 Å². The molecular formula is C14H11BrClNOS. The van der Waals surface area contributed by atoms with Crippen molar-refractivity contribution in [3.05, 3.63) is 55.1 Å². The highest BCUT2D eigenvalue weighted by atomic mass is 79.9. The zero-order chi connectivity index (χ0) is 13.4. The summed E-state index contributed by atoms with van der Waals surface area (Å²) in [5, 5.41) is 2.67. The highest BCUT2D eigenvalue weighted by Crippen LogP contribution is 2.27. The Hall–Kier alpha value is -0.840. The summed E-state index contributed by atoms with van der Waals surface area (Å²) in [6, 6.07) is 7.41. The summed E-state index contributed by atoms with van der Waals surface area (Å²) in [4.78, 5) is 15.8. The molecule has 1 aromatic carbocycles. The van der Waals surface area contributed by atoms with Crippen LogP contribution in [0, 0.1) is 0 Å². The van der Waals surface area contributed by atoms with Crippen molar-refractivity contribution in [2.75, 3.05) is 6.54 Å². The minimum Gasteiger partial charge on any atom is -0.334 e. The van der Waals surface area contributed by atoms with E-state index in [1.165, 1.54) is 10.4 Å². The lowest BCUT2D eigenvalue weighted by Crippen LogP contribution is -2.35. The first-order valence-corrected chi connectivity index (χ1v) is 8.00. The number of amides is 1. The first-order chi connectivity index (χ1) is 9.15. The number of rotatable bonds is 1. The van der Waals surface area contributed by atoms with Crippen LogP contribution in [0.1, 0.15) is 20.8 Å². The summed E-state index contributed by atoms with van der Waals surface area (Å²) >= 11 is 11.2. The molecule has 0 saturated carbocycles. The Balaban J connectivity index is 1.87. The molecule has 5 heteroatoms. The molecule has 1 amide bonds. The Morgan fingerprint density at radius 2 is 2.21 bits per heavy atom. The highest BCUT2D eigenvalue weighted by molar-refractivity contribution is 9.10. The Kier molecular flexibility index (Phi) is 3.65. The van der Waals surface area contributed by atoms with E-state index in [2.05, 4.69) is 27.4 Å². The molecule has 19 heavy (non-hydrogen) atoms. The molecule has 0 saturated heterocycles. The molecule has 2 nitrogen and oxygen atoms in total. The molecule has 3 rings (SSSR count). The van der Waals surface area contributed by atoms with E-state index >= 15 is 0 Å². The lowest BCUT2D eigenvalue weighted by Gasteiger charge is -2.27.